The zero-order valence-corrected chi connectivity index (χ0v) is 13.3. The van der Waals surface area contributed by atoms with Crippen molar-refractivity contribution in [1.29, 1.82) is 0 Å². The van der Waals surface area contributed by atoms with E-state index in [4.69, 9.17) is 4.74 Å². The monoisotopic (exact) mass is 290 g/mol. The molecule has 1 fully saturated rings. The van der Waals surface area contributed by atoms with E-state index in [0.29, 0.717) is 19.2 Å². The highest BCUT2D eigenvalue weighted by molar-refractivity contribution is 5.96. The molecule has 1 aliphatic carbocycles. The van der Waals surface area contributed by atoms with E-state index >= 15 is 0 Å². The number of ether oxygens (including phenoxy) is 1. The molecule has 0 unspecified atom stereocenters. The van der Waals surface area contributed by atoms with Gasteiger partial charge in [-0.05, 0) is 49.9 Å². The maximum atomic E-state index is 12.7. The first kappa shape index (κ1) is 15.8. The van der Waals surface area contributed by atoms with Crippen molar-refractivity contribution in [2.24, 2.45) is 0 Å². The van der Waals surface area contributed by atoms with Gasteiger partial charge in [-0.1, -0.05) is 6.92 Å². The molecule has 0 radical (unpaired) electrons. The number of anilines is 1. The summed E-state index contributed by atoms with van der Waals surface area (Å²) in [6, 6.07) is 6.41. The molecular weight excluding hydrogens is 264 g/mol. The average molecular weight is 290 g/mol. The van der Waals surface area contributed by atoms with E-state index in [1.54, 1.807) is 7.11 Å². The number of carbonyl (C=O) groups excluding carboxylic acids is 1. The van der Waals surface area contributed by atoms with Gasteiger partial charge in [0, 0.05) is 37.5 Å². The highest BCUT2D eigenvalue weighted by Gasteiger charge is 2.33. The quantitative estimate of drug-likeness (QED) is 0.800. The van der Waals surface area contributed by atoms with Crippen LogP contribution in [0.25, 0.3) is 0 Å². The Bertz CT molecular complexity index is 484. The molecule has 0 aromatic heterocycles. The second-order valence-corrected chi connectivity index (χ2v) is 5.68. The van der Waals surface area contributed by atoms with Crippen molar-refractivity contribution < 1.29 is 9.53 Å². The number of hydrogen-bond donors (Lipinski definition) is 1. The molecule has 1 aliphatic rings. The van der Waals surface area contributed by atoms with Gasteiger partial charge in [0.1, 0.15) is 0 Å². The van der Waals surface area contributed by atoms with Crippen LogP contribution in [0.4, 0.5) is 5.69 Å². The van der Waals surface area contributed by atoms with E-state index in [1.807, 2.05) is 24.0 Å². The lowest BCUT2D eigenvalue weighted by Gasteiger charge is -2.23. The van der Waals surface area contributed by atoms with Crippen molar-refractivity contribution in [3.63, 3.8) is 0 Å². The zero-order chi connectivity index (χ0) is 15.2. The minimum Gasteiger partial charge on any atom is -0.385 e. The predicted molar refractivity (Wildman–Crippen MR) is 85.9 cm³/mol. The molecule has 4 heteroatoms. The molecule has 116 valence electrons. The predicted octanol–water partition coefficient (Wildman–Crippen LogP) is 3.07. The van der Waals surface area contributed by atoms with Crippen LogP contribution in [0.1, 0.15) is 42.1 Å². The first-order valence-electron chi connectivity index (χ1n) is 7.81. The van der Waals surface area contributed by atoms with Crippen LogP contribution in [0.2, 0.25) is 0 Å². The molecule has 1 aromatic rings. The Kier molecular flexibility index (Phi) is 5.62. The van der Waals surface area contributed by atoms with Gasteiger partial charge >= 0.3 is 0 Å². The summed E-state index contributed by atoms with van der Waals surface area (Å²) in [5.74, 6) is 0.133. The summed E-state index contributed by atoms with van der Waals surface area (Å²) in [4.78, 5) is 14.7. The molecular formula is C17H26N2O2. The van der Waals surface area contributed by atoms with Crippen molar-refractivity contribution in [2.75, 3.05) is 32.1 Å². The topological polar surface area (TPSA) is 41.6 Å². The van der Waals surface area contributed by atoms with E-state index in [9.17, 15) is 4.79 Å². The summed E-state index contributed by atoms with van der Waals surface area (Å²) in [5.41, 5.74) is 2.92. The molecule has 0 heterocycles. The van der Waals surface area contributed by atoms with E-state index in [0.717, 1.165) is 42.6 Å². The maximum Gasteiger partial charge on any atom is 0.254 e. The number of benzene rings is 1. The first-order valence-corrected chi connectivity index (χ1v) is 7.81. The number of methoxy groups -OCH3 is 1. The second-order valence-electron chi connectivity index (χ2n) is 5.68. The molecule has 0 spiro atoms. The van der Waals surface area contributed by atoms with Gasteiger partial charge in [-0.15, -0.1) is 0 Å². The fraction of sp³-hybridized carbons (Fsp3) is 0.588. The highest BCUT2D eigenvalue weighted by Crippen LogP contribution is 2.29. The lowest BCUT2D eigenvalue weighted by atomic mass is 10.1. The summed E-state index contributed by atoms with van der Waals surface area (Å²) in [6.45, 7) is 6.37. The van der Waals surface area contributed by atoms with E-state index in [-0.39, 0.29) is 5.91 Å². The van der Waals surface area contributed by atoms with Crippen molar-refractivity contribution in [3.8, 4) is 0 Å². The van der Waals surface area contributed by atoms with Crippen LogP contribution in [0.15, 0.2) is 18.2 Å². The van der Waals surface area contributed by atoms with Crippen molar-refractivity contribution in [2.45, 2.75) is 39.2 Å². The number of carbonyl (C=O) groups is 1. The van der Waals surface area contributed by atoms with Crippen LogP contribution in [0.5, 0.6) is 0 Å². The highest BCUT2D eigenvalue weighted by atomic mass is 16.5. The first-order chi connectivity index (χ1) is 10.2. The summed E-state index contributed by atoms with van der Waals surface area (Å²) in [5, 5.41) is 3.36. The van der Waals surface area contributed by atoms with Gasteiger partial charge in [-0.25, -0.2) is 0 Å². The summed E-state index contributed by atoms with van der Waals surface area (Å²) < 4.78 is 5.13. The number of nitrogens with zero attached hydrogens (tertiary/aromatic N) is 1. The Morgan fingerprint density at radius 1 is 1.43 bits per heavy atom. The SMILES string of the molecule is CCCNc1ccc(C(=O)N(CCOC)C2CC2)c(C)c1. The largest absolute Gasteiger partial charge is 0.385 e. The molecule has 4 nitrogen and oxygen atoms in total. The van der Waals surface area contributed by atoms with E-state index < -0.39 is 0 Å². The summed E-state index contributed by atoms with van der Waals surface area (Å²) in [6.07, 6.45) is 3.32. The fourth-order valence-corrected chi connectivity index (χ4v) is 2.46. The minimum absolute atomic E-state index is 0.133. The lowest BCUT2D eigenvalue weighted by molar-refractivity contribution is 0.0679. The minimum atomic E-state index is 0.133. The van der Waals surface area contributed by atoms with Gasteiger partial charge in [0.15, 0.2) is 0 Å². The second kappa shape index (κ2) is 7.46. The summed E-state index contributed by atoms with van der Waals surface area (Å²) >= 11 is 0. The third kappa shape index (κ3) is 4.21. The van der Waals surface area contributed by atoms with Crippen LogP contribution in [0, 0.1) is 6.92 Å². The molecule has 1 N–H and O–H groups in total. The number of nitrogens with one attached hydrogen (secondary N) is 1. The Labute approximate surface area is 127 Å². The lowest BCUT2D eigenvalue weighted by Crippen LogP contribution is -2.36. The average Bonchev–Trinajstić information content (AvgIpc) is 3.30. The van der Waals surface area contributed by atoms with Gasteiger partial charge in [0.2, 0.25) is 0 Å². The third-order valence-electron chi connectivity index (χ3n) is 3.82. The van der Waals surface area contributed by atoms with Crippen LogP contribution >= 0.6 is 0 Å². The number of aryl methyl sites for hydroxylation is 1. The molecule has 1 amide bonds. The Balaban J connectivity index is 2.09. The van der Waals surface area contributed by atoms with E-state index in [1.165, 1.54) is 0 Å². The van der Waals surface area contributed by atoms with Crippen LogP contribution in [0.3, 0.4) is 0 Å². The van der Waals surface area contributed by atoms with Crippen molar-refractivity contribution in [1.82, 2.24) is 4.90 Å². The maximum absolute atomic E-state index is 12.7. The van der Waals surface area contributed by atoms with Crippen LogP contribution in [-0.4, -0.2) is 43.7 Å². The number of rotatable bonds is 8. The van der Waals surface area contributed by atoms with Crippen LogP contribution < -0.4 is 5.32 Å². The molecule has 21 heavy (non-hydrogen) atoms. The van der Waals surface area contributed by atoms with Crippen LogP contribution in [-0.2, 0) is 4.74 Å². The Hall–Kier alpha value is -1.55. The molecule has 0 bridgehead atoms. The molecule has 1 saturated carbocycles. The smallest absolute Gasteiger partial charge is 0.254 e. The summed E-state index contributed by atoms with van der Waals surface area (Å²) in [7, 11) is 1.68. The van der Waals surface area contributed by atoms with Crippen molar-refractivity contribution in [3.05, 3.63) is 29.3 Å². The number of hydrogen-bond acceptors (Lipinski definition) is 3. The van der Waals surface area contributed by atoms with Gasteiger partial charge < -0.3 is 15.0 Å². The molecule has 2 rings (SSSR count). The van der Waals surface area contributed by atoms with Crippen molar-refractivity contribution >= 4 is 11.6 Å². The van der Waals surface area contributed by atoms with Gasteiger partial charge in [0.05, 0.1) is 6.61 Å². The normalized spacial score (nSPS) is 14.0. The van der Waals surface area contributed by atoms with Gasteiger partial charge in [-0.3, -0.25) is 4.79 Å². The molecule has 1 aromatic carbocycles. The molecule has 0 aliphatic heterocycles. The Morgan fingerprint density at radius 3 is 2.76 bits per heavy atom. The zero-order valence-electron chi connectivity index (χ0n) is 13.3. The van der Waals surface area contributed by atoms with Gasteiger partial charge in [-0.2, -0.15) is 0 Å². The van der Waals surface area contributed by atoms with Gasteiger partial charge in [0.25, 0.3) is 5.91 Å². The number of amides is 1. The standard InChI is InChI=1S/C17H26N2O2/c1-4-9-18-14-5-8-16(13(2)12-14)17(20)19(10-11-21-3)15-6-7-15/h5,8,12,15,18H,4,6-7,9-11H2,1-3H3. The molecule has 0 atom stereocenters. The third-order valence-corrected chi connectivity index (χ3v) is 3.82. The fourth-order valence-electron chi connectivity index (χ4n) is 2.46. The van der Waals surface area contributed by atoms with E-state index in [2.05, 4.69) is 18.3 Å². The molecule has 0 saturated heterocycles. The Morgan fingerprint density at radius 2 is 2.19 bits per heavy atom.